The van der Waals surface area contributed by atoms with Gasteiger partial charge in [0.15, 0.2) is 5.96 Å². The number of halogens is 1. The third kappa shape index (κ3) is 5.86. The average molecular weight is 347 g/mol. The molecule has 1 heterocycles. The molecule has 0 fully saturated rings. The van der Waals surface area contributed by atoms with Crippen LogP contribution in [0.1, 0.15) is 19.5 Å². The Labute approximate surface area is 148 Å². The molecule has 2 N–H and O–H groups in total. The molecule has 136 valence electrons. The fourth-order valence-electron chi connectivity index (χ4n) is 2.13. The SMILES string of the molecule is CN=C(NCCc1ccn(-c2ccc(F)cc2)n1)NCC(C)(C)OC. The summed E-state index contributed by atoms with van der Waals surface area (Å²) in [5.74, 6) is 0.471. The van der Waals surface area contributed by atoms with Crippen molar-refractivity contribution in [1.82, 2.24) is 20.4 Å². The van der Waals surface area contributed by atoms with E-state index in [0.717, 1.165) is 23.8 Å². The highest BCUT2D eigenvalue weighted by Gasteiger charge is 2.16. The molecule has 2 rings (SSSR count). The van der Waals surface area contributed by atoms with Crippen molar-refractivity contribution in [3.8, 4) is 5.69 Å². The third-order valence-corrected chi connectivity index (χ3v) is 3.87. The van der Waals surface area contributed by atoms with Crippen molar-refractivity contribution in [2.75, 3.05) is 27.2 Å². The van der Waals surface area contributed by atoms with E-state index in [1.165, 1.54) is 12.1 Å². The lowest BCUT2D eigenvalue weighted by atomic mass is 10.1. The fourth-order valence-corrected chi connectivity index (χ4v) is 2.13. The van der Waals surface area contributed by atoms with E-state index in [1.807, 2.05) is 26.1 Å². The second kappa shape index (κ2) is 8.62. The minimum absolute atomic E-state index is 0.254. The predicted octanol–water partition coefficient (Wildman–Crippen LogP) is 2.14. The number of benzene rings is 1. The molecule has 0 aliphatic rings. The van der Waals surface area contributed by atoms with Gasteiger partial charge in [-0.05, 0) is 44.2 Å². The Morgan fingerprint density at radius 3 is 2.60 bits per heavy atom. The minimum atomic E-state index is -0.258. The second-order valence-electron chi connectivity index (χ2n) is 6.29. The second-order valence-corrected chi connectivity index (χ2v) is 6.29. The van der Waals surface area contributed by atoms with Gasteiger partial charge < -0.3 is 15.4 Å². The number of aromatic nitrogens is 2. The first kappa shape index (κ1) is 18.9. The summed E-state index contributed by atoms with van der Waals surface area (Å²) in [5, 5.41) is 11.0. The Hall–Kier alpha value is -2.41. The lowest BCUT2D eigenvalue weighted by Crippen LogP contribution is -2.45. The van der Waals surface area contributed by atoms with Crippen LogP contribution in [-0.2, 0) is 11.2 Å². The van der Waals surface area contributed by atoms with Crippen molar-refractivity contribution >= 4 is 5.96 Å². The summed E-state index contributed by atoms with van der Waals surface area (Å²) in [7, 11) is 3.42. The van der Waals surface area contributed by atoms with E-state index in [-0.39, 0.29) is 11.4 Å². The number of methoxy groups -OCH3 is 1. The molecule has 0 saturated heterocycles. The molecule has 0 bridgehead atoms. The number of nitrogens with one attached hydrogen (secondary N) is 2. The van der Waals surface area contributed by atoms with Crippen LogP contribution in [-0.4, -0.2) is 48.6 Å². The van der Waals surface area contributed by atoms with E-state index < -0.39 is 0 Å². The van der Waals surface area contributed by atoms with Crippen LogP contribution in [0.15, 0.2) is 41.5 Å². The van der Waals surface area contributed by atoms with Crippen LogP contribution in [0, 0.1) is 5.82 Å². The summed E-state index contributed by atoms with van der Waals surface area (Å²) in [5.41, 5.74) is 1.52. The smallest absolute Gasteiger partial charge is 0.191 e. The van der Waals surface area contributed by atoms with Crippen LogP contribution in [0.4, 0.5) is 4.39 Å². The van der Waals surface area contributed by atoms with Gasteiger partial charge in [0.25, 0.3) is 0 Å². The van der Waals surface area contributed by atoms with Gasteiger partial charge in [0.05, 0.1) is 17.0 Å². The number of rotatable bonds is 7. The van der Waals surface area contributed by atoms with Crippen molar-refractivity contribution in [1.29, 1.82) is 0 Å². The number of hydrogen-bond donors (Lipinski definition) is 2. The molecule has 6 nitrogen and oxygen atoms in total. The van der Waals surface area contributed by atoms with Gasteiger partial charge in [-0.1, -0.05) is 0 Å². The lowest BCUT2D eigenvalue weighted by Gasteiger charge is -2.24. The van der Waals surface area contributed by atoms with E-state index in [0.29, 0.717) is 13.1 Å². The van der Waals surface area contributed by atoms with Crippen LogP contribution in [0.2, 0.25) is 0 Å². The van der Waals surface area contributed by atoms with Gasteiger partial charge in [0.1, 0.15) is 5.82 Å². The van der Waals surface area contributed by atoms with E-state index in [9.17, 15) is 4.39 Å². The van der Waals surface area contributed by atoms with Crippen molar-refractivity contribution in [3.63, 3.8) is 0 Å². The number of aliphatic imine (C=N–C) groups is 1. The van der Waals surface area contributed by atoms with Crippen LogP contribution < -0.4 is 10.6 Å². The molecular weight excluding hydrogens is 321 g/mol. The Balaban J connectivity index is 1.82. The number of ether oxygens (including phenoxy) is 1. The first-order chi connectivity index (χ1) is 11.9. The van der Waals surface area contributed by atoms with E-state index in [1.54, 1.807) is 31.0 Å². The van der Waals surface area contributed by atoms with Crippen LogP contribution >= 0.6 is 0 Å². The fraction of sp³-hybridized carbons (Fsp3) is 0.444. The quantitative estimate of drug-likeness (QED) is 0.595. The summed E-state index contributed by atoms with van der Waals surface area (Å²) in [4.78, 5) is 4.20. The number of nitrogens with zero attached hydrogens (tertiary/aromatic N) is 3. The molecule has 0 atom stereocenters. The monoisotopic (exact) mass is 347 g/mol. The van der Waals surface area contributed by atoms with Crippen molar-refractivity contribution < 1.29 is 9.13 Å². The molecule has 1 aromatic heterocycles. The maximum absolute atomic E-state index is 13.0. The topological polar surface area (TPSA) is 63.5 Å². The largest absolute Gasteiger partial charge is 0.377 e. The Kier molecular flexibility index (Phi) is 6.52. The third-order valence-electron chi connectivity index (χ3n) is 3.87. The average Bonchev–Trinajstić information content (AvgIpc) is 3.07. The van der Waals surface area contributed by atoms with E-state index >= 15 is 0 Å². The Morgan fingerprint density at radius 1 is 1.24 bits per heavy atom. The van der Waals surface area contributed by atoms with Gasteiger partial charge in [0.2, 0.25) is 0 Å². The lowest BCUT2D eigenvalue weighted by molar-refractivity contribution is 0.0268. The van der Waals surface area contributed by atoms with E-state index in [2.05, 4.69) is 20.7 Å². The molecule has 0 aliphatic heterocycles. The standard InChI is InChI=1S/C18H26FN5O/c1-18(2,25-4)13-22-17(20-3)21-11-9-15-10-12-24(23-15)16-7-5-14(19)6-8-16/h5-8,10,12H,9,11,13H2,1-4H3,(H2,20,21,22). The predicted molar refractivity (Wildman–Crippen MR) is 97.7 cm³/mol. The maximum atomic E-state index is 13.0. The number of guanidine groups is 1. The number of hydrogen-bond acceptors (Lipinski definition) is 3. The first-order valence-corrected chi connectivity index (χ1v) is 8.24. The summed E-state index contributed by atoms with van der Waals surface area (Å²) in [6.07, 6.45) is 2.62. The summed E-state index contributed by atoms with van der Waals surface area (Å²) < 4.78 is 20.1. The summed E-state index contributed by atoms with van der Waals surface area (Å²) in [6.45, 7) is 5.38. The highest BCUT2D eigenvalue weighted by molar-refractivity contribution is 5.79. The zero-order valence-electron chi connectivity index (χ0n) is 15.2. The van der Waals surface area contributed by atoms with Crippen LogP contribution in [0.5, 0.6) is 0 Å². The molecule has 0 radical (unpaired) electrons. The Bertz CT molecular complexity index is 694. The van der Waals surface area contributed by atoms with Crippen LogP contribution in [0.3, 0.4) is 0 Å². The van der Waals surface area contributed by atoms with Crippen molar-refractivity contribution in [2.24, 2.45) is 4.99 Å². The summed E-state index contributed by atoms with van der Waals surface area (Å²) >= 11 is 0. The van der Waals surface area contributed by atoms with Crippen LogP contribution in [0.25, 0.3) is 5.69 Å². The Morgan fingerprint density at radius 2 is 1.96 bits per heavy atom. The molecule has 0 amide bonds. The molecular formula is C18H26FN5O. The zero-order valence-corrected chi connectivity index (χ0v) is 15.2. The molecule has 25 heavy (non-hydrogen) atoms. The van der Waals surface area contributed by atoms with Gasteiger partial charge in [0, 0.05) is 39.9 Å². The van der Waals surface area contributed by atoms with Crippen molar-refractivity contribution in [3.05, 3.63) is 48.0 Å². The molecule has 2 aromatic rings. The molecule has 0 saturated carbocycles. The molecule has 0 spiro atoms. The first-order valence-electron chi connectivity index (χ1n) is 8.24. The highest BCUT2D eigenvalue weighted by atomic mass is 19.1. The molecule has 1 aromatic carbocycles. The van der Waals surface area contributed by atoms with Gasteiger partial charge in [-0.2, -0.15) is 5.10 Å². The van der Waals surface area contributed by atoms with Gasteiger partial charge >= 0.3 is 0 Å². The van der Waals surface area contributed by atoms with Crippen molar-refractivity contribution in [2.45, 2.75) is 25.9 Å². The minimum Gasteiger partial charge on any atom is -0.377 e. The summed E-state index contributed by atoms with van der Waals surface area (Å²) in [6, 6.07) is 8.21. The van der Waals surface area contributed by atoms with Gasteiger partial charge in [-0.15, -0.1) is 0 Å². The molecule has 0 unspecified atom stereocenters. The normalized spacial score (nSPS) is 12.3. The van der Waals surface area contributed by atoms with Gasteiger partial charge in [-0.3, -0.25) is 4.99 Å². The maximum Gasteiger partial charge on any atom is 0.191 e. The highest BCUT2D eigenvalue weighted by Crippen LogP contribution is 2.09. The zero-order chi connectivity index (χ0) is 18.3. The van der Waals surface area contributed by atoms with E-state index in [4.69, 9.17) is 4.74 Å². The molecule has 0 aliphatic carbocycles. The molecule has 7 heteroatoms. The van der Waals surface area contributed by atoms with Gasteiger partial charge in [-0.25, -0.2) is 9.07 Å².